The minimum atomic E-state index is -0.253. The zero-order valence-electron chi connectivity index (χ0n) is 10.1. The first-order valence-corrected chi connectivity index (χ1v) is 5.80. The summed E-state index contributed by atoms with van der Waals surface area (Å²) in [6.45, 7) is 3.83. The average Bonchev–Trinajstić information content (AvgIpc) is 2.27. The summed E-state index contributed by atoms with van der Waals surface area (Å²) in [6, 6.07) is 6.87. The van der Waals surface area contributed by atoms with E-state index in [0.29, 0.717) is 11.4 Å². The van der Waals surface area contributed by atoms with Crippen LogP contribution in [0, 0.1) is 13.8 Å². The third-order valence-electron chi connectivity index (χ3n) is 2.33. The Morgan fingerprint density at radius 1 is 1.28 bits per heavy atom. The number of hydrogen-bond donors (Lipinski definition) is 1. The molecule has 0 spiro atoms. The van der Waals surface area contributed by atoms with Crippen molar-refractivity contribution >= 4 is 23.3 Å². The Kier molecular flexibility index (Phi) is 3.58. The van der Waals surface area contributed by atoms with Gasteiger partial charge in [-0.15, -0.1) is 0 Å². The van der Waals surface area contributed by atoms with E-state index in [1.807, 2.05) is 26.0 Å². The van der Waals surface area contributed by atoms with Crippen molar-refractivity contribution in [1.29, 1.82) is 0 Å². The van der Waals surface area contributed by atoms with Gasteiger partial charge in [-0.05, 0) is 43.7 Å². The molecule has 0 bridgehead atoms. The van der Waals surface area contributed by atoms with E-state index in [-0.39, 0.29) is 11.1 Å². The lowest BCUT2D eigenvalue weighted by Gasteiger charge is -2.06. The first kappa shape index (κ1) is 12.5. The number of aryl methyl sites for hydroxylation is 2. The van der Waals surface area contributed by atoms with Crippen molar-refractivity contribution in [1.82, 2.24) is 9.97 Å². The van der Waals surface area contributed by atoms with Crippen LogP contribution in [0.15, 0.2) is 30.5 Å². The summed E-state index contributed by atoms with van der Waals surface area (Å²) in [7, 11) is 0. The summed E-state index contributed by atoms with van der Waals surface area (Å²) in [5.41, 5.74) is 2.36. The quantitative estimate of drug-likeness (QED) is 0.846. The van der Waals surface area contributed by atoms with E-state index in [9.17, 15) is 4.79 Å². The zero-order chi connectivity index (χ0) is 13.1. The van der Waals surface area contributed by atoms with Crippen molar-refractivity contribution in [2.45, 2.75) is 13.8 Å². The van der Waals surface area contributed by atoms with Crippen LogP contribution in [0.2, 0.25) is 5.15 Å². The number of aromatic nitrogens is 2. The molecule has 2 aromatic rings. The average molecular weight is 262 g/mol. The lowest BCUT2D eigenvalue weighted by Crippen LogP contribution is -2.13. The Hall–Kier alpha value is -1.94. The lowest BCUT2D eigenvalue weighted by atomic mass is 10.2. The van der Waals surface area contributed by atoms with Crippen LogP contribution in [-0.2, 0) is 0 Å². The predicted molar refractivity (Wildman–Crippen MR) is 70.9 cm³/mol. The van der Waals surface area contributed by atoms with E-state index in [1.54, 1.807) is 6.07 Å². The van der Waals surface area contributed by atoms with Crippen LogP contribution >= 0.6 is 11.6 Å². The van der Waals surface area contributed by atoms with Gasteiger partial charge >= 0.3 is 0 Å². The maximum absolute atomic E-state index is 12.0. The summed E-state index contributed by atoms with van der Waals surface area (Å²) in [5, 5.41) is 3.02. The molecule has 0 aromatic carbocycles. The van der Waals surface area contributed by atoms with E-state index < -0.39 is 0 Å². The smallest absolute Gasteiger partial charge is 0.256 e. The summed E-state index contributed by atoms with van der Waals surface area (Å²) in [4.78, 5) is 20.0. The number of carbonyl (C=O) groups excluding carboxylic acids is 1. The molecular weight excluding hydrogens is 250 g/mol. The van der Waals surface area contributed by atoms with Crippen LogP contribution in [0.4, 0.5) is 5.82 Å². The summed E-state index contributed by atoms with van der Waals surface area (Å²) < 4.78 is 0. The molecule has 18 heavy (non-hydrogen) atoms. The molecule has 0 radical (unpaired) electrons. The molecule has 0 atom stereocenters. The number of anilines is 1. The Labute approximate surface area is 110 Å². The van der Waals surface area contributed by atoms with Gasteiger partial charge in [0, 0.05) is 17.5 Å². The van der Waals surface area contributed by atoms with Gasteiger partial charge in [0.15, 0.2) is 0 Å². The minimum absolute atomic E-state index is 0.253. The molecule has 0 aliphatic heterocycles. The Balaban J connectivity index is 2.21. The highest BCUT2D eigenvalue weighted by Crippen LogP contribution is 2.12. The topological polar surface area (TPSA) is 54.9 Å². The second kappa shape index (κ2) is 5.14. The maximum Gasteiger partial charge on any atom is 0.256 e. The summed E-state index contributed by atoms with van der Waals surface area (Å²) >= 11 is 5.74. The van der Waals surface area contributed by atoms with E-state index >= 15 is 0 Å². The van der Waals surface area contributed by atoms with Crippen LogP contribution < -0.4 is 5.32 Å². The van der Waals surface area contributed by atoms with Gasteiger partial charge in [0.05, 0.1) is 0 Å². The molecule has 4 nitrogen and oxygen atoms in total. The van der Waals surface area contributed by atoms with Crippen LogP contribution in [-0.4, -0.2) is 15.9 Å². The molecule has 0 unspecified atom stereocenters. The second-order valence-electron chi connectivity index (χ2n) is 3.99. The Morgan fingerprint density at radius 2 is 2.06 bits per heavy atom. The zero-order valence-corrected chi connectivity index (χ0v) is 10.8. The number of halogens is 1. The molecule has 0 fully saturated rings. The first-order chi connectivity index (χ1) is 8.54. The molecule has 0 saturated carbocycles. The largest absolute Gasteiger partial charge is 0.307 e. The minimum Gasteiger partial charge on any atom is -0.307 e. The van der Waals surface area contributed by atoms with Crippen molar-refractivity contribution in [2.75, 3.05) is 5.32 Å². The highest BCUT2D eigenvalue weighted by molar-refractivity contribution is 6.29. The fraction of sp³-hybridized carbons (Fsp3) is 0.154. The van der Waals surface area contributed by atoms with E-state index in [4.69, 9.17) is 11.6 Å². The molecule has 2 heterocycles. The van der Waals surface area contributed by atoms with Gasteiger partial charge in [0.2, 0.25) is 0 Å². The predicted octanol–water partition coefficient (Wildman–Crippen LogP) is 3.00. The maximum atomic E-state index is 12.0. The standard InChI is InChI=1S/C13H12ClN3O/c1-8-5-9(2)16-12(6-8)17-13(18)10-3-4-15-11(14)7-10/h3-7H,1-2H3,(H,16,17,18). The van der Waals surface area contributed by atoms with E-state index in [1.165, 1.54) is 12.3 Å². The molecular formula is C13H12ClN3O. The van der Waals surface area contributed by atoms with Crippen LogP contribution in [0.5, 0.6) is 0 Å². The normalized spacial score (nSPS) is 10.2. The Morgan fingerprint density at radius 3 is 2.72 bits per heavy atom. The van der Waals surface area contributed by atoms with Gasteiger partial charge in [0.25, 0.3) is 5.91 Å². The Bertz CT molecular complexity index is 578. The van der Waals surface area contributed by atoms with E-state index in [0.717, 1.165) is 11.3 Å². The van der Waals surface area contributed by atoms with E-state index in [2.05, 4.69) is 15.3 Å². The van der Waals surface area contributed by atoms with Crippen molar-refractivity contribution in [2.24, 2.45) is 0 Å². The molecule has 0 aliphatic carbocycles. The summed E-state index contributed by atoms with van der Waals surface area (Å²) in [6.07, 6.45) is 1.49. The number of carbonyl (C=O) groups is 1. The van der Waals surface area contributed by atoms with Gasteiger partial charge < -0.3 is 5.32 Å². The van der Waals surface area contributed by atoms with Crippen LogP contribution in [0.25, 0.3) is 0 Å². The number of hydrogen-bond acceptors (Lipinski definition) is 3. The fourth-order valence-corrected chi connectivity index (χ4v) is 1.81. The SMILES string of the molecule is Cc1cc(C)nc(NC(=O)c2ccnc(Cl)c2)c1. The third-order valence-corrected chi connectivity index (χ3v) is 2.53. The van der Waals surface area contributed by atoms with Crippen molar-refractivity contribution < 1.29 is 4.79 Å². The van der Waals surface area contributed by atoms with Gasteiger partial charge in [-0.2, -0.15) is 0 Å². The fourth-order valence-electron chi connectivity index (χ4n) is 1.64. The highest BCUT2D eigenvalue weighted by atomic mass is 35.5. The first-order valence-electron chi connectivity index (χ1n) is 5.43. The summed E-state index contributed by atoms with van der Waals surface area (Å²) in [5.74, 6) is 0.280. The molecule has 0 aliphatic rings. The molecule has 2 rings (SSSR count). The van der Waals surface area contributed by atoms with Gasteiger partial charge in [0.1, 0.15) is 11.0 Å². The highest BCUT2D eigenvalue weighted by Gasteiger charge is 2.08. The number of nitrogens with one attached hydrogen (secondary N) is 1. The number of rotatable bonds is 2. The lowest BCUT2D eigenvalue weighted by molar-refractivity contribution is 0.102. The van der Waals surface area contributed by atoms with Crippen molar-refractivity contribution in [3.63, 3.8) is 0 Å². The van der Waals surface area contributed by atoms with Crippen molar-refractivity contribution in [3.8, 4) is 0 Å². The number of pyridine rings is 2. The van der Waals surface area contributed by atoms with Gasteiger partial charge in [-0.3, -0.25) is 4.79 Å². The molecule has 1 N–H and O–H groups in total. The van der Waals surface area contributed by atoms with Gasteiger partial charge in [-0.1, -0.05) is 11.6 Å². The second-order valence-corrected chi connectivity index (χ2v) is 4.38. The number of amides is 1. The third kappa shape index (κ3) is 3.05. The van der Waals surface area contributed by atoms with Crippen molar-refractivity contribution in [3.05, 3.63) is 52.4 Å². The molecule has 1 amide bonds. The van der Waals surface area contributed by atoms with Crippen LogP contribution in [0.3, 0.4) is 0 Å². The molecule has 92 valence electrons. The van der Waals surface area contributed by atoms with Gasteiger partial charge in [-0.25, -0.2) is 9.97 Å². The molecule has 5 heteroatoms. The van der Waals surface area contributed by atoms with Crippen LogP contribution in [0.1, 0.15) is 21.6 Å². The molecule has 2 aromatic heterocycles. The number of nitrogens with zero attached hydrogens (tertiary/aromatic N) is 2. The monoisotopic (exact) mass is 261 g/mol. The molecule has 0 saturated heterocycles.